The summed E-state index contributed by atoms with van der Waals surface area (Å²) in [5.41, 5.74) is 0.313. The minimum absolute atomic E-state index is 0.0286. The molecular formula is C29H42N2O6S. The van der Waals surface area contributed by atoms with Gasteiger partial charge in [0.15, 0.2) is 0 Å². The zero-order valence-corrected chi connectivity index (χ0v) is 23.7. The van der Waals surface area contributed by atoms with Crippen molar-refractivity contribution >= 4 is 15.9 Å². The predicted molar refractivity (Wildman–Crippen MR) is 147 cm³/mol. The van der Waals surface area contributed by atoms with E-state index in [0.29, 0.717) is 18.8 Å². The standard InChI is InChI=1S/C29H42N2O6S/c1-22(2)19-31(38(34,35)25-14-12-24(37-4)13-15-25)20-27(32)26(18-23-10-6-5-7-11-23)30-28(33)29(21-36-3)16-8-9-17-29/h5-7,10-15,22,26-27,32H,8-9,16-21H2,1-4H3,(H,30,33)/t26-,27+/m0/s1. The maximum atomic E-state index is 13.6. The molecular weight excluding hydrogens is 504 g/mol. The zero-order chi connectivity index (χ0) is 27.8. The van der Waals surface area contributed by atoms with Gasteiger partial charge in [-0.05, 0) is 55.0 Å². The highest BCUT2D eigenvalue weighted by molar-refractivity contribution is 7.89. The van der Waals surface area contributed by atoms with Crippen LogP contribution in [0.25, 0.3) is 0 Å². The number of benzene rings is 2. The van der Waals surface area contributed by atoms with Crippen LogP contribution < -0.4 is 10.1 Å². The highest BCUT2D eigenvalue weighted by atomic mass is 32.2. The molecule has 38 heavy (non-hydrogen) atoms. The second kappa shape index (κ2) is 13.6. The normalized spacial score (nSPS) is 16.9. The third-order valence-electron chi connectivity index (χ3n) is 7.20. The number of nitrogens with zero attached hydrogens (tertiary/aromatic N) is 1. The van der Waals surface area contributed by atoms with Gasteiger partial charge < -0.3 is 19.9 Å². The third kappa shape index (κ3) is 7.56. The number of carbonyl (C=O) groups excluding carboxylic acids is 1. The van der Waals surface area contributed by atoms with Gasteiger partial charge in [-0.25, -0.2) is 8.42 Å². The van der Waals surface area contributed by atoms with E-state index in [1.54, 1.807) is 19.2 Å². The number of amides is 1. The van der Waals surface area contributed by atoms with Crippen molar-refractivity contribution in [2.24, 2.45) is 11.3 Å². The Morgan fingerprint density at radius 2 is 1.66 bits per heavy atom. The smallest absolute Gasteiger partial charge is 0.243 e. The van der Waals surface area contributed by atoms with Crippen LogP contribution in [-0.2, 0) is 26.0 Å². The number of rotatable bonds is 14. The first kappa shape index (κ1) is 30.1. The maximum Gasteiger partial charge on any atom is 0.243 e. The molecule has 0 aliphatic heterocycles. The Labute approximate surface area is 227 Å². The summed E-state index contributed by atoms with van der Waals surface area (Å²) in [5, 5.41) is 14.6. The van der Waals surface area contributed by atoms with E-state index in [4.69, 9.17) is 9.47 Å². The van der Waals surface area contributed by atoms with Crippen molar-refractivity contribution in [3.63, 3.8) is 0 Å². The molecule has 2 aromatic rings. The number of aliphatic hydroxyl groups excluding tert-OH is 1. The lowest BCUT2D eigenvalue weighted by molar-refractivity contribution is -0.135. The molecule has 1 aliphatic rings. The molecule has 2 N–H and O–H groups in total. The minimum atomic E-state index is -3.90. The van der Waals surface area contributed by atoms with E-state index in [-0.39, 0.29) is 29.8 Å². The summed E-state index contributed by atoms with van der Waals surface area (Å²) in [4.78, 5) is 13.7. The van der Waals surface area contributed by atoms with Crippen molar-refractivity contribution < 1.29 is 27.8 Å². The fourth-order valence-corrected chi connectivity index (χ4v) is 6.77. The molecule has 210 valence electrons. The lowest BCUT2D eigenvalue weighted by Crippen LogP contribution is -2.54. The van der Waals surface area contributed by atoms with Gasteiger partial charge in [0.25, 0.3) is 0 Å². The predicted octanol–water partition coefficient (Wildman–Crippen LogP) is 3.64. The Bertz CT molecular complexity index is 1120. The molecule has 0 bridgehead atoms. The zero-order valence-electron chi connectivity index (χ0n) is 22.9. The molecule has 1 amide bonds. The van der Waals surface area contributed by atoms with E-state index in [1.807, 2.05) is 44.2 Å². The topological polar surface area (TPSA) is 105 Å². The van der Waals surface area contributed by atoms with Gasteiger partial charge in [0.1, 0.15) is 5.75 Å². The van der Waals surface area contributed by atoms with Gasteiger partial charge in [0.2, 0.25) is 15.9 Å². The SMILES string of the molecule is COCC1(C(=O)N[C@@H](Cc2ccccc2)[C@H](O)CN(CC(C)C)S(=O)(=O)c2ccc(OC)cc2)CCCC1. The number of nitrogens with one attached hydrogen (secondary N) is 1. The third-order valence-corrected chi connectivity index (χ3v) is 9.04. The fraction of sp³-hybridized carbons (Fsp3) is 0.552. The summed E-state index contributed by atoms with van der Waals surface area (Å²) in [7, 11) is -0.785. The van der Waals surface area contributed by atoms with Crippen molar-refractivity contribution in [2.45, 2.75) is 63.0 Å². The first-order valence-corrected chi connectivity index (χ1v) is 14.7. The average Bonchev–Trinajstić information content (AvgIpc) is 3.38. The van der Waals surface area contributed by atoms with E-state index in [1.165, 1.54) is 23.5 Å². The molecule has 2 atom stereocenters. The van der Waals surface area contributed by atoms with Crippen LogP contribution in [0.3, 0.4) is 0 Å². The Kier molecular flexibility index (Phi) is 10.7. The summed E-state index contributed by atoms with van der Waals surface area (Å²) >= 11 is 0. The Balaban J connectivity index is 1.88. The quantitative estimate of drug-likeness (QED) is 0.375. The van der Waals surface area contributed by atoms with Crippen LogP contribution in [0.1, 0.15) is 45.1 Å². The summed E-state index contributed by atoms with van der Waals surface area (Å²) in [6, 6.07) is 15.1. The Hall–Kier alpha value is -2.46. The average molecular weight is 547 g/mol. The molecule has 1 aliphatic carbocycles. The molecule has 9 heteroatoms. The molecule has 0 saturated heterocycles. The number of hydrogen-bond acceptors (Lipinski definition) is 6. The number of ether oxygens (including phenoxy) is 2. The van der Waals surface area contributed by atoms with E-state index >= 15 is 0 Å². The second-order valence-corrected chi connectivity index (χ2v) is 12.6. The van der Waals surface area contributed by atoms with Crippen LogP contribution in [0, 0.1) is 11.3 Å². The fourth-order valence-electron chi connectivity index (χ4n) is 5.15. The molecule has 8 nitrogen and oxygen atoms in total. The first-order chi connectivity index (χ1) is 18.1. The highest BCUT2D eigenvalue weighted by Gasteiger charge is 2.43. The van der Waals surface area contributed by atoms with Gasteiger partial charge in [0.05, 0.1) is 36.2 Å². The molecule has 3 rings (SSSR count). The largest absolute Gasteiger partial charge is 0.497 e. The molecule has 0 heterocycles. The van der Waals surface area contributed by atoms with E-state index in [0.717, 1.165) is 31.2 Å². The van der Waals surface area contributed by atoms with Crippen LogP contribution in [-0.4, -0.2) is 69.8 Å². The van der Waals surface area contributed by atoms with Crippen molar-refractivity contribution in [1.82, 2.24) is 9.62 Å². The van der Waals surface area contributed by atoms with Gasteiger partial charge >= 0.3 is 0 Å². The first-order valence-electron chi connectivity index (χ1n) is 13.3. The molecule has 2 aromatic carbocycles. The van der Waals surface area contributed by atoms with Crippen LogP contribution >= 0.6 is 0 Å². The maximum absolute atomic E-state index is 13.6. The number of hydrogen-bond donors (Lipinski definition) is 2. The second-order valence-electron chi connectivity index (χ2n) is 10.6. The van der Waals surface area contributed by atoms with Gasteiger partial charge in [0, 0.05) is 20.2 Å². The highest BCUT2D eigenvalue weighted by Crippen LogP contribution is 2.38. The number of methoxy groups -OCH3 is 2. The van der Waals surface area contributed by atoms with Crippen LogP contribution in [0.4, 0.5) is 0 Å². The lowest BCUT2D eigenvalue weighted by Gasteiger charge is -2.34. The van der Waals surface area contributed by atoms with E-state index < -0.39 is 27.6 Å². The molecule has 0 aromatic heterocycles. The number of aliphatic hydroxyl groups is 1. The van der Waals surface area contributed by atoms with E-state index in [9.17, 15) is 18.3 Å². The summed E-state index contributed by atoms with van der Waals surface area (Å²) in [6.07, 6.45) is 2.59. The molecule has 1 fully saturated rings. The van der Waals surface area contributed by atoms with Crippen molar-refractivity contribution in [3.05, 3.63) is 60.2 Å². The van der Waals surface area contributed by atoms with Crippen molar-refractivity contribution in [3.8, 4) is 5.75 Å². The lowest BCUT2D eigenvalue weighted by atomic mass is 9.85. The number of sulfonamides is 1. The monoisotopic (exact) mass is 546 g/mol. The minimum Gasteiger partial charge on any atom is -0.497 e. The summed E-state index contributed by atoms with van der Waals surface area (Å²) in [5.74, 6) is 0.438. The Morgan fingerprint density at radius 3 is 2.21 bits per heavy atom. The van der Waals surface area contributed by atoms with Gasteiger partial charge in [-0.3, -0.25) is 4.79 Å². The number of carbonyl (C=O) groups is 1. The van der Waals surface area contributed by atoms with Gasteiger partial charge in [-0.15, -0.1) is 0 Å². The molecule has 0 unspecified atom stereocenters. The van der Waals surface area contributed by atoms with Crippen LogP contribution in [0.15, 0.2) is 59.5 Å². The molecule has 0 radical (unpaired) electrons. The van der Waals surface area contributed by atoms with Gasteiger partial charge in [-0.1, -0.05) is 57.0 Å². The van der Waals surface area contributed by atoms with Crippen molar-refractivity contribution in [2.75, 3.05) is 33.9 Å². The summed E-state index contributed by atoms with van der Waals surface area (Å²) < 4.78 is 39.1. The molecule has 0 spiro atoms. The van der Waals surface area contributed by atoms with E-state index in [2.05, 4.69) is 5.32 Å². The van der Waals surface area contributed by atoms with Crippen molar-refractivity contribution in [1.29, 1.82) is 0 Å². The van der Waals surface area contributed by atoms with Crippen LogP contribution in [0.5, 0.6) is 5.75 Å². The Morgan fingerprint density at radius 1 is 1.03 bits per heavy atom. The summed E-state index contributed by atoms with van der Waals surface area (Å²) in [6.45, 7) is 4.26. The van der Waals surface area contributed by atoms with Crippen LogP contribution in [0.2, 0.25) is 0 Å². The van der Waals surface area contributed by atoms with Gasteiger partial charge in [-0.2, -0.15) is 4.31 Å². The molecule has 1 saturated carbocycles.